The van der Waals surface area contributed by atoms with E-state index in [0.717, 1.165) is 21.5 Å². The molecule has 13 heteroatoms. The molecule has 3 heterocycles. The molecule has 0 spiro atoms. The van der Waals surface area contributed by atoms with E-state index in [4.69, 9.17) is 16.3 Å². The lowest BCUT2D eigenvalue weighted by atomic mass is 9.95. The van der Waals surface area contributed by atoms with Gasteiger partial charge in [-0.25, -0.2) is 4.79 Å². The van der Waals surface area contributed by atoms with Crippen molar-refractivity contribution in [1.82, 2.24) is 15.2 Å². The summed E-state index contributed by atoms with van der Waals surface area (Å²) in [5.41, 5.74) is 1.31. The normalized spacial score (nSPS) is 21.0. The van der Waals surface area contributed by atoms with Gasteiger partial charge in [0.25, 0.3) is 0 Å². The molecule has 1 saturated heterocycles. The Morgan fingerprint density at radius 2 is 2.08 bits per heavy atom. The number of ether oxygens (including phenoxy) is 1. The first-order valence-corrected chi connectivity index (χ1v) is 12.8. The van der Waals surface area contributed by atoms with Crippen molar-refractivity contribution in [2.75, 3.05) is 30.8 Å². The summed E-state index contributed by atoms with van der Waals surface area (Å²) in [4.78, 5) is 53.2. The van der Waals surface area contributed by atoms with E-state index in [-0.39, 0.29) is 42.5 Å². The molecule has 1 unspecified atom stereocenters. The van der Waals surface area contributed by atoms with E-state index in [9.17, 15) is 28.5 Å². The maximum absolute atomic E-state index is 12.8. The zero-order chi connectivity index (χ0) is 26.0. The number of hydrogen-bond acceptors (Lipinski definition) is 8. The number of rotatable bonds is 9. The van der Waals surface area contributed by atoms with Gasteiger partial charge in [0.2, 0.25) is 11.8 Å². The Balaban J connectivity index is 1.32. The van der Waals surface area contributed by atoms with Crippen LogP contribution in [0.3, 0.4) is 0 Å². The van der Waals surface area contributed by atoms with E-state index < -0.39 is 39.9 Å². The molecule has 3 N–H and O–H groups in total. The van der Waals surface area contributed by atoms with Gasteiger partial charge in [-0.2, -0.15) is 0 Å². The Hall–Kier alpha value is -3.51. The SMILES string of the molecule is CC(=O)OCC1=C(C(=O)O)N2C(=O)[C@@H](CNC(=O)CCNc3ccnc4cc(Cl)ccc34)[C@H]2S(=O)C1. The number of esters is 1. The first kappa shape index (κ1) is 25.6. The van der Waals surface area contributed by atoms with Gasteiger partial charge in [-0.1, -0.05) is 11.6 Å². The monoisotopic (exact) mass is 534 g/mol. The minimum absolute atomic E-state index is 0.0621. The van der Waals surface area contributed by atoms with Crippen molar-refractivity contribution < 1.29 is 33.2 Å². The van der Waals surface area contributed by atoms with Crippen molar-refractivity contribution >= 4 is 62.7 Å². The van der Waals surface area contributed by atoms with Gasteiger partial charge in [0.1, 0.15) is 17.7 Å². The summed E-state index contributed by atoms with van der Waals surface area (Å²) in [5.74, 6) is -3.80. The summed E-state index contributed by atoms with van der Waals surface area (Å²) in [6.07, 6.45) is 1.75. The fraction of sp³-hybridized carbons (Fsp3) is 0.348. The molecule has 2 amide bonds. The van der Waals surface area contributed by atoms with Gasteiger partial charge in [-0.15, -0.1) is 0 Å². The summed E-state index contributed by atoms with van der Waals surface area (Å²) in [6, 6.07) is 7.12. The summed E-state index contributed by atoms with van der Waals surface area (Å²) in [6.45, 7) is 1.07. The van der Waals surface area contributed by atoms with Crippen LogP contribution in [0.4, 0.5) is 5.69 Å². The Bertz CT molecular complexity index is 1310. The van der Waals surface area contributed by atoms with Crippen LogP contribution in [-0.4, -0.2) is 73.8 Å². The van der Waals surface area contributed by atoms with Crippen molar-refractivity contribution in [1.29, 1.82) is 0 Å². The predicted octanol–water partition coefficient (Wildman–Crippen LogP) is 1.25. The minimum Gasteiger partial charge on any atom is -0.477 e. The Kier molecular flexibility index (Phi) is 7.55. The number of amides is 2. The molecule has 1 fully saturated rings. The van der Waals surface area contributed by atoms with E-state index in [1.165, 1.54) is 6.92 Å². The molecule has 2 aliphatic rings. The summed E-state index contributed by atoms with van der Waals surface area (Å²) >= 11 is 6.00. The molecule has 4 rings (SSSR count). The molecule has 2 aromatic rings. The number of fused-ring (bicyclic) bond motifs is 2. The number of nitrogens with one attached hydrogen (secondary N) is 2. The number of anilines is 1. The van der Waals surface area contributed by atoms with Crippen LogP contribution in [0.15, 0.2) is 41.7 Å². The van der Waals surface area contributed by atoms with Gasteiger partial charge in [0.15, 0.2) is 0 Å². The van der Waals surface area contributed by atoms with Crippen molar-refractivity contribution in [3.8, 4) is 0 Å². The second-order valence-electron chi connectivity index (χ2n) is 8.27. The third kappa shape index (κ3) is 5.19. The molecule has 1 aromatic carbocycles. The second-order valence-corrected chi connectivity index (χ2v) is 10.2. The van der Waals surface area contributed by atoms with Gasteiger partial charge in [0, 0.05) is 65.1 Å². The van der Waals surface area contributed by atoms with E-state index in [1.807, 2.05) is 6.07 Å². The molecular weight excluding hydrogens is 512 g/mol. The van der Waals surface area contributed by atoms with Crippen LogP contribution in [0, 0.1) is 5.92 Å². The third-order valence-corrected chi connectivity index (χ3v) is 7.80. The quantitative estimate of drug-likeness (QED) is 0.318. The van der Waals surface area contributed by atoms with E-state index in [0.29, 0.717) is 11.6 Å². The Morgan fingerprint density at radius 3 is 2.81 bits per heavy atom. The van der Waals surface area contributed by atoms with Gasteiger partial charge < -0.3 is 20.5 Å². The highest BCUT2D eigenvalue weighted by atomic mass is 35.5. The minimum atomic E-state index is -1.61. The van der Waals surface area contributed by atoms with Crippen LogP contribution in [0.5, 0.6) is 0 Å². The predicted molar refractivity (Wildman–Crippen MR) is 131 cm³/mol. The second kappa shape index (κ2) is 10.6. The lowest BCUT2D eigenvalue weighted by molar-refractivity contribution is -0.152. The number of benzene rings is 1. The zero-order valence-electron chi connectivity index (χ0n) is 19.2. The fourth-order valence-electron chi connectivity index (χ4n) is 4.20. The van der Waals surface area contributed by atoms with Crippen LogP contribution in [0.1, 0.15) is 13.3 Å². The molecule has 0 bridgehead atoms. The first-order valence-electron chi connectivity index (χ1n) is 11.0. The largest absolute Gasteiger partial charge is 0.477 e. The third-order valence-electron chi connectivity index (χ3n) is 5.86. The standard InChI is InChI=1S/C23H23ClN4O7S/c1-12(29)35-10-13-11-36(34)22-16(21(31)28(22)20(13)23(32)33)9-27-19(30)5-7-25-17-4-6-26-18-8-14(24)2-3-15(17)18/h2-4,6,8,16,22H,5,7,9-11H2,1H3,(H,25,26)(H,27,30)(H,32,33)/t16-,22-,36?/m1/s1. The maximum atomic E-state index is 12.8. The summed E-state index contributed by atoms with van der Waals surface area (Å²) in [5, 5.41) is 16.0. The lowest BCUT2D eigenvalue weighted by Gasteiger charge is -2.49. The number of hydrogen-bond donors (Lipinski definition) is 3. The van der Waals surface area contributed by atoms with E-state index >= 15 is 0 Å². The first-order chi connectivity index (χ1) is 17.2. The molecule has 0 saturated carbocycles. The average Bonchev–Trinajstić information content (AvgIpc) is 2.82. The molecule has 36 heavy (non-hydrogen) atoms. The van der Waals surface area contributed by atoms with Crippen LogP contribution in [-0.2, 0) is 34.7 Å². The summed E-state index contributed by atoms with van der Waals surface area (Å²) < 4.78 is 17.6. The number of β-lactam (4-membered cyclic amide) rings is 1. The van der Waals surface area contributed by atoms with Gasteiger partial charge in [-0.05, 0) is 24.3 Å². The number of carbonyl (C=O) groups excluding carboxylic acids is 3. The van der Waals surface area contributed by atoms with Crippen LogP contribution >= 0.6 is 11.6 Å². The number of nitrogens with zero attached hydrogens (tertiary/aromatic N) is 2. The highest BCUT2D eigenvalue weighted by Gasteiger charge is 2.56. The molecule has 1 aromatic heterocycles. The average molecular weight is 535 g/mol. The highest BCUT2D eigenvalue weighted by Crippen LogP contribution is 2.38. The van der Waals surface area contributed by atoms with Crippen molar-refractivity contribution in [3.05, 3.63) is 46.8 Å². The van der Waals surface area contributed by atoms with Crippen molar-refractivity contribution in [2.45, 2.75) is 18.7 Å². The lowest BCUT2D eigenvalue weighted by Crippen LogP contribution is -2.67. The van der Waals surface area contributed by atoms with E-state index in [1.54, 1.807) is 24.4 Å². The van der Waals surface area contributed by atoms with Gasteiger partial charge in [-0.3, -0.25) is 28.5 Å². The zero-order valence-corrected chi connectivity index (χ0v) is 20.7. The number of pyridine rings is 1. The molecular formula is C23H23ClN4O7S. The number of aliphatic carboxylic acids is 1. The fourth-order valence-corrected chi connectivity index (χ4v) is 6.12. The number of halogens is 1. The number of aromatic nitrogens is 1. The van der Waals surface area contributed by atoms with Gasteiger partial charge >= 0.3 is 11.9 Å². The van der Waals surface area contributed by atoms with Crippen LogP contribution in [0.2, 0.25) is 5.02 Å². The molecule has 190 valence electrons. The molecule has 0 radical (unpaired) electrons. The molecule has 11 nitrogen and oxygen atoms in total. The van der Waals surface area contributed by atoms with Gasteiger partial charge in [0.05, 0.1) is 17.2 Å². The number of carboxylic acid groups (broad SMARTS) is 1. The summed E-state index contributed by atoms with van der Waals surface area (Å²) in [7, 11) is -1.61. The van der Waals surface area contributed by atoms with Crippen molar-refractivity contribution in [2.24, 2.45) is 5.92 Å². The Morgan fingerprint density at radius 1 is 1.31 bits per heavy atom. The molecule has 3 atom stereocenters. The van der Waals surface area contributed by atoms with Crippen LogP contribution < -0.4 is 10.6 Å². The van der Waals surface area contributed by atoms with Crippen LogP contribution in [0.25, 0.3) is 10.9 Å². The smallest absolute Gasteiger partial charge is 0.352 e. The molecule has 0 aliphatic carbocycles. The number of carbonyl (C=O) groups is 4. The topological polar surface area (TPSA) is 155 Å². The highest BCUT2D eigenvalue weighted by molar-refractivity contribution is 7.86. The maximum Gasteiger partial charge on any atom is 0.352 e. The Labute approximate surface area is 213 Å². The van der Waals surface area contributed by atoms with Crippen molar-refractivity contribution in [3.63, 3.8) is 0 Å². The number of carboxylic acids is 1. The molecule has 2 aliphatic heterocycles. The van der Waals surface area contributed by atoms with E-state index in [2.05, 4.69) is 15.6 Å².